The van der Waals surface area contributed by atoms with Crippen molar-refractivity contribution in [2.24, 2.45) is 0 Å². The van der Waals surface area contributed by atoms with E-state index in [1.165, 1.54) is 5.56 Å². The van der Waals surface area contributed by atoms with E-state index in [9.17, 15) is 14.4 Å². The van der Waals surface area contributed by atoms with E-state index in [1.54, 1.807) is 11.0 Å². The average molecular weight is 611 g/mol. The molecule has 1 aromatic heterocycles. The summed E-state index contributed by atoms with van der Waals surface area (Å²) in [5.41, 5.74) is 4.78. The molecule has 234 valence electrons. The summed E-state index contributed by atoms with van der Waals surface area (Å²) in [6.45, 7) is 5.21. The van der Waals surface area contributed by atoms with Crippen LogP contribution in [0.3, 0.4) is 0 Å². The molecule has 1 N–H and O–H groups in total. The molecule has 3 aromatic rings. The molecule has 3 amide bonds. The summed E-state index contributed by atoms with van der Waals surface area (Å²) in [6.07, 6.45) is 4.54. The Kier molecular flexibility index (Phi) is 7.31. The van der Waals surface area contributed by atoms with Gasteiger partial charge in [0, 0.05) is 74.8 Å². The van der Waals surface area contributed by atoms with Crippen LogP contribution in [0, 0.1) is 0 Å². The third-order valence-electron chi connectivity index (χ3n) is 10.2. The summed E-state index contributed by atoms with van der Waals surface area (Å²) >= 11 is 0. The molecule has 10 nitrogen and oxygen atoms in total. The maximum Gasteiger partial charge on any atom is 0.255 e. The number of amides is 3. The second-order valence-electron chi connectivity index (χ2n) is 13.3. The van der Waals surface area contributed by atoms with E-state index in [-0.39, 0.29) is 29.9 Å². The number of likely N-dealkylation sites (tertiary alicyclic amines) is 1. The van der Waals surface area contributed by atoms with Crippen LogP contribution in [-0.4, -0.2) is 83.2 Å². The molecule has 0 saturated carbocycles. The van der Waals surface area contributed by atoms with Gasteiger partial charge in [0.05, 0.1) is 17.7 Å². The maximum absolute atomic E-state index is 13.0. The van der Waals surface area contributed by atoms with Gasteiger partial charge in [-0.3, -0.25) is 29.6 Å². The zero-order chi connectivity index (χ0) is 30.5. The van der Waals surface area contributed by atoms with Crippen molar-refractivity contribution >= 4 is 28.6 Å². The predicted octanol–water partition coefficient (Wildman–Crippen LogP) is 3.70. The van der Waals surface area contributed by atoms with E-state index in [2.05, 4.69) is 40.5 Å². The van der Waals surface area contributed by atoms with Crippen LogP contribution in [-0.2, 0) is 32.2 Å². The minimum absolute atomic E-state index is 0.0594. The van der Waals surface area contributed by atoms with Gasteiger partial charge in [-0.1, -0.05) is 12.1 Å². The zero-order valence-corrected chi connectivity index (χ0v) is 25.3. The lowest BCUT2D eigenvalue weighted by Gasteiger charge is -2.36. The van der Waals surface area contributed by atoms with Gasteiger partial charge >= 0.3 is 0 Å². The summed E-state index contributed by atoms with van der Waals surface area (Å²) < 4.78 is 18.2. The molecule has 2 aromatic carbocycles. The lowest BCUT2D eigenvalue weighted by Crippen LogP contribution is -2.52. The number of hydrogen-bond acceptors (Lipinski definition) is 8. The molecule has 0 unspecified atom stereocenters. The third-order valence-corrected chi connectivity index (χ3v) is 10.2. The first-order valence-electron chi connectivity index (χ1n) is 16.2. The summed E-state index contributed by atoms with van der Waals surface area (Å²) in [7, 11) is 0. The first kappa shape index (κ1) is 28.6. The molecule has 0 bridgehead atoms. The molecule has 5 aliphatic heterocycles. The molecule has 8 rings (SSSR count). The van der Waals surface area contributed by atoms with Crippen LogP contribution in [0.1, 0.15) is 71.6 Å². The predicted molar refractivity (Wildman–Crippen MR) is 165 cm³/mol. The Labute approximate surface area is 262 Å². The number of benzene rings is 2. The van der Waals surface area contributed by atoms with Crippen LogP contribution in [0.5, 0.6) is 5.75 Å². The van der Waals surface area contributed by atoms with Gasteiger partial charge in [0.2, 0.25) is 11.8 Å². The highest BCUT2D eigenvalue weighted by molar-refractivity contribution is 6.05. The molecule has 4 atom stereocenters. The second kappa shape index (κ2) is 11.5. The third kappa shape index (κ3) is 5.60. The van der Waals surface area contributed by atoms with Crippen LogP contribution in [0.2, 0.25) is 0 Å². The lowest BCUT2D eigenvalue weighted by atomic mass is 9.83. The van der Waals surface area contributed by atoms with Crippen molar-refractivity contribution in [3.63, 3.8) is 0 Å². The Morgan fingerprint density at radius 1 is 1.02 bits per heavy atom. The number of piperidine rings is 1. The number of nitrogens with zero attached hydrogens (tertiary/aromatic N) is 3. The Hall–Kier alpha value is -3.86. The number of aromatic nitrogens is 1. The van der Waals surface area contributed by atoms with Crippen molar-refractivity contribution < 1.29 is 28.6 Å². The van der Waals surface area contributed by atoms with Gasteiger partial charge < -0.3 is 19.1 Å². The quantitative estimate of drug-likeness (QED) is 0.421. The molecule has 4 fully saturated rings. The number of pyridine rings is 1. The number of ether oxygens (including phenoxy) is 3. The smallest absolute Gasteiger partial charge is 0.255 e. The minimum atomic E-state index is -0.616. The van der Waals surface area contributed by atoms with E-state index >= 15 is 0 Å². The van der Waals surface area contributed by atoms with Crippen LogP contribution in [0.15, 0.2) is 48.5 Å². The zero-order valence-electron chi connectivity index (χ0n) is 25.3. The van der Waals surface area contributed by atoms with Crippen LogP contribution in [0.25, 0.3) is 10.9 Å². The highest BCUT2D eigenvalue weighted by Crippen LogP contribution is 2.40. The Morgan fingerprint density at radius 2 is 1.96 bits per heavy atom. The summed E-state index contributed by atoms with van der Waals surface area (Å²) in [6, 6.07) is 15.9. The van der Waals surface area contributed by atoms with Gasteiger partial charge in [0.1, 0.15) is 17.9 Å². The Balaban J connectivity index is 0.876. The fourth-order valence-corrected chi connectivity index (χ4v) is 7.77. The fraction of sp³-hybridized carbons (Fsp3) is 0.486. The van der Waals surface area contributed by atoms with Crippen molar-refractivity contribution in [3.8, 4) is 5.75 Å². The largest absolute Gasteiger partial charge is 0.489 e. The normalized spacial score (nSPS) is 28.7. The Bertz CT molecular complexity index is 1670. The van der Waals surface area contributed by atoms with E-state index < -0.39 is 11.9 Å². The Morgan fingerprint density at radius 3 is 2.82 bits per heavy atom. The molecule has 5 aliphatic rings. The standard InChI is InChI=1S/C35H38N4O6/c40-32-8-7-31(33(41)37-32)39-19-25-16-26(3-4-28(25)34(39)42)45-27-9-12-38(20-27)18-22-1-5-29-23(15-22)2-6-30(36-29)24-10-13-44-35(17-24)11-14-43-21-35/h1-6,15-16,24,27,31H,7-14,17-21H2,(H,37,40,41)/t24-,27-,31-,35-/m0/s1. The van der Waals surface area contributed by atoms with E-state index in [4.69, 9.17) is 19.2 Å². The first-order chi connectivity index (χ1) is 21.9. The van der Waals surface area contributed by atoms with Crippen LogP contribution < -0.4 is 10.1 Å². The topological polar surface area (TPSA) is 110 Å². The summed E-state index contributed by atoms with van der Waals surface area (Å²) in [5, 5.41) is 3.51. The van der Waals surface area contributed by atoms with Gasteiger partial charge in [-0.05, 0) is 73.2 Å². The molecule has 0 radical (unpaired) electrons. The van der Waals surface area contributed by atoms with Crippen molar-refractivity contribution in [2.75, 3.05) is 32.9 Å². The van der Waals surface area contributed by atoms with Gasteiger partial charge in [0.25, 0.3) is 5.91 Å². The number of nitrogens with one attached hydrogen (secondary N) is 1. The number of imide groups is 1. The monoisotopic (exact) mass is 610 g/mol. The van der Waals surface area contributed by atoms with E-state index in [1.807, 2.05) is 12.1 Å². The SMILES string of the molecule is O=C1CC[C@H](N2Cc3cc(O[C@H]4CCN(Cc5ccc6nc([C@H]7CCO[C@@]8(CCOC8)C7)ccc6c5)C4)ccc3C2=O)C(=O)N1. The molecule has 0 aliphatic carbocycles. The lowest BCUT2D eigenvalue weighted by molar-refractivity contribution is -0.136. The van der Waals surface area contributed by atoms with E-state index in [0.717, 1.165) is 86.4 Å². The molecule has 1 spiro atoms. The highest BCUT2D eigenvalue weighted by Gasteiger charge is 2.42. The number of carbonyl (C=O) groups is 3. The number of fused-ring (bicyclic) bond motifs is 2. The number of rotatable bonds is 6. The number of hydrogen-bond donors (Lipinski definition) is 1. The molecular weight excluding hydrogens is 572 g/mol. The highest BCUT2D eigenvalue weighted by atomic mass is 16.6. The maximum atomic E-state index is 13.0. The molecule has 10 heteroatoms. The first-order valence-corrected chi connectivity index (χ1v) is 16.2. The van der Waals surface area contributed by atoms with Gasteiger partial charge in [-0.25, -0.2) is 0 Å². The summed E-state index contributed by atoms with van der Waals surface area (Å²) in [5.74, 6) is 0.289. The average Bonchev–Trinajstić information content (AvgIpc) is 3.76. The molecule has 6 heterocycles. The fourth-order valence-electron chi connectivity index (χ4n) is 7.77. The van der Waals surface area contributed by atoms with Crippen molar-refractivity contribution in [3.05, 3.63) is 70.9 Å². The molecule has 4 saturated heterocycles. The van der Waals surface area contributed by atoms with Crippen molar-refractivity contribution in [1.29, 1.82) is 0 Å². The van der Waals surface area contributed by atoms with E-state index in [0.29, 0.717) is 31.1 Å². The summed E-state index contributed by atoms with van der Waals surface area (Å²) in [4.78, 5) is 46.0. The van der Waals surface area contributed by atoms with Crippen LogP contribution >= 0.6 is 0 Å². The van der Waals surface area contributed by atoms with Gasteiger partial charge in [-0.15, -0.1) is 0 Å². The number of carbonyl (C=O) groups excluding carboxylic acids is 3. The second-order valence-corrected chi connectivity index (χ2v) is 13.3. The van der Waals surface area contributed by atoms with Crippen LogP contribution in [0.4, 0.5) is 0 Å². The minimum Gasteiger partial charge on any atom is -0.489 e. The van der Waals surface area contributed by atoms with Gasteiger partial charge in [0.15, 0.2) is 0 Å². The molecular formula is C35H38N4O6. The molecule has 45 heavy (non-hydrogen) atoms. The van der Waals surface area contributed by atoms with Gasteiger partial charge in [-0.2, -0.15) is 0 Å². The van der Waals surface area contributed by atoms with Crippen molar-refractivity contribution in [1.82, 2.24) is 20.1 Å². The van der Waals surface area contributed by atoms with Crippen molar-refractivity contribution in [2.45, 2.75) is 75.3 Å².